The fraction of sp³-hybridized carbons (Fsp3) is 0.256. The maximum absolute atomic E-state index is 13.9. The van der Waals surface area contributed by atoms with E-state index in [2.05, 4.69) is 26.1 Å². The Balaban J connectivity index is 1.18. The largest absolute Gasteiger partial charge is 0.382 e. The van der Waals surface area contributed by atoms with Crippen molar-refractivity contribution in [3.05, 3.63) is 124 Å². The molecule has 2 aromatic carbocycles. The molecule has 1 aliphatic rings. The predicted octanol–water partition coefficient (Wildman–Crippen LogP) is 5.68. The summed E-state index contributed by atoms with van der Waals surface area (Å²) in [4.78, 5) is 55.3. The van der Waals surface area contributed by atoms with Crippen molar-refractivity contribution in [2.24, 2.45) is 5.92 Å². The number of para-hydroxylation sites is 1. The minimum absolute atomic E-state index is 0.0238. The van der Waals surface area contributed by atoms with Crippen LogP contribution in [0, 0.1) is 12.8 Å². The third-order valence-corrected chi connectivity index (χ3v) is 9.53. The summed E-state index contributed by atoms with van der Waals surface area (Å²) in [5.41, 5.74) is 12.3. The number of hydrogen-bond acceptors (Lipinski definition) is 8. The smallest absolute Gasteiger partial charge is 0.266 e. The molecule has 0 spiro atoms. The number of ketones is 1. The fourth-order valence-electron chi connectivity index (χ4n) is 6.90. The minimum atomic E-state index is -0.391. The number of amides is 1. The van der Waals surface area contributed by atoms with Gasteiger partial charge in [-0.15, -0.1) is 0 Å². The van der Waals surface area contributed by atoms with Crippen molar-refractivity contribution in [3.63, 3.8) is 0 Å². The number of nitrogens with two attached hydrogens (primary N) is 1. The maximum Gasteiger partial charge on any atom is 0.266 e. The number of carbonyl (C=O) groups excluding carboxylic acids is 2. The van der Waals surface area contributed by atoms with Crippen molar-refractivity contribution in [1.29, 1.82) is 0 Å². The molecule has 5 heterocycles. The van der Waals surface area contributed by atoms with E-state index in [1.807, 2.05) is 84.8 Å². The van der Waals surface area contributed by atoms with Gasteiger partial charge in [-0.25, -0.2) is 19.5 Å². The van der Waals surface area contributed by atoms with Gasteiger partial charge in [-0.3, -0.25) is 19.0 Å². The van der Waals surface area contributed by atoms with Gasteiger partial charge in [0.05, 0.1) is 5.56 Å². The van der Waals surface area contributed by atoms with Gasteiger partial charge >= 0.3 is 0 Å². The van der Waals surface area contributed by atoms with E-state index in [1.54, 1.807) is 29.1 Å². The van der Waals surface area contributed by atoms with Crippen LogP contribution < -0.4 is 11.3 Å². The van der Waals surface area contributed by atoms with Crippen LogP contribution in [0.2, 0.25) is 0 Å². The first-order valence-corrected chi connectivity index (χ1v) is 16.8. The van der Waals surface area contributed by atoms with Crippen LogP contribution in [-0.4, -0.2) is 58.8 Å². The van der Waals surface area contributed by atoms with Crippen molar-refractivity contribution < 1.29 is 9.59 Å². The van der Waals surface area contributed by atoms with Crippen molar-refractivity contribution >= 4 is 23.0 Å². The average Bonchev–Trinajstić information content (AvgIpc) is 3.53. The molecule has 0 atom stereocenters. The highest BCUT2D eigenvalue weighted by molar-refractivity contribution is 5.98. The standard InChI is InChI=1S/C39H38N8O3/c1-24(2)38(49)45-18-14-28(15-19-45)33-22-31(35-36(40)43-23-44-47(33)35)27-12-10-26(11-13-27)20-34(48)32-21-30(37-41-16-7-17-42-37)25(3)46(39(32)50)29-8-5-4-6-9-29/h4-13,16-17,21-24,28H,14-15,18-20H2,1-3H3,(H2,40,43,44). The molecule has 1 aliphatic heterocycles. The third-order valence-electron chi connectivity index (χ3n) is 9.53. The average molecular weight is 667 g/mol. The summed E-state index contributed by atoms with van der Waals surface area (Å²) in [5, 5.41) is 4.57. The molecule has 0 saturated carbocycles. The SMILES string of the molecule is Cc1c(-c2ncccn2)cc(C(=O)Cc2ccc(-c3cc(C4CCN(C(=O)C(C)C)CC4)n4ncnc(N)c34)cc2)c(=O)n1-c1ccccc1. The van der Waals surface area contributed by atoms with Crippen molar-refractivity contribution in [1.82, 2.24) is 34.0 Å². The van der Waals surface area contributed by atoms with Crippen LogP contribution in [-0.2, 0) is 11.2 Å². The van der Waals surface area contributed by atoms with E-state index >= 15 is 0 Å². The van der Waals surface area contributed by atoms with Crippen LogP contribution in [0.5, 0.6) is 0 Å². The van der Waals surface area contributed by atoms with Gasteiger partial charge in [0.2, 0.25) is 5.91 Å². The Morgan fingerprint density at radius 1 is 0.900 bits per heavy atom. The van der Waals surface area contributed by atoms with Crippen LogP contribution in [0.1, 0.15) is 59.9 Å². The zero-order chi connectivity index (χ0) is 34.9. The zero-order valence-electron chi connectivity index (χ0n) is 28.3. The molecule has 4 aromatic heterocycles. The summed E-state index contributed by atoms with van der Waals surface area (Å²) in [6.07, 6.45) is 6.43. The molecule has 0 aliphatic carbocycles. The topological polar surface area (TPSA) is 141 Å². The Hall–Kier alpha value is -5.97. The van der Waals surface area contributed by atoms with Gasteiger partial charge < -0.3 is 10.6 Å². The number of likely N-dealkylation sites (tertiary alicyclic amines) is 1. The first kappa shape index (κ1) is 32.6. The molecule has 0 unspecified atom stereocenters. The second-order valence-electron chi connectivity index (χ2n) is 13.0. The number of anilines is 1. The second-order valence-corrected chi connectivity index (χ2v) is 13.0. The van der Waals surface area contributed by atoms with Crippen molar-refractivity contribution in [3.8, 4) is 28.2 Å². The van der Waals surface area contributed by atoms with E-state index in [9.17, 15) is 14.4 Å². The number of benzene rings is 2. The first-order chi connectivity index (χ1) is 24.2. The lowest BCUT2D eigenvalue weighted by molar-refractivity contribution is -0.135. The number of rotatable bonds is 8. The molecule has 1 fully saturated rings. The number of carbonyl (C=O) groups is 2. The molecule has 252 valence electrons. The lowest BCUT2D eigenvalue weighted by Gasteiger charge is -2.33. The molecular weight excluding hydrogens is 628 g/mol. The normalized spacial score (nSPS) is 13.6. The van der Waals surface area contributed by atoms with Crippen LogP contribution in [0.4, 0.5) is 5.82 Å². The predicted molar refractivity (Wildman–Crippen MR) is 192 cm³/mol. The van der Waals surface area contributed by atoms with Crippen LogP contribution in [0.25, 0.3) is 33.7 Å². The number of fused-ring (bicyclic) bond motifs is 1. The Morgan fingerprint density at radius 3 is 2.28 bits per heavy atom. The fourth-order valence-corrected chi connectivity index (χ4v) is 6.90. The Morgan fingerprint density at radius 2 is 1.60 bits per heavy atom. The highest BCUT2D eigenvalue weighted by Crippen LogP contribution is 2.37. The van der Waals surface area contributed by atoms with Crippen LogP contribution in [0.3, 0.4) is 0 Å². The number of piperidine rings is 1. The number of nitrogens with zero attached hydrogens (tertiary/aromatic N) is 7. The van der Waals surface area contributed by atoms with Gasteiger partial charge in [0.15, 0.2) is 17.4 Å². The molecular formula is C39H38N8O3. The molecule has 1 amide bonds. The molecule has 2 N–H and O–H groups in total. The Labute approximate surface area is 289 Å². The van der Waals surface area contributed by atoms with Gasteiger partial charge in [-0.2, -0.15) is 5.10 Å². The number of pyridine rings is 1. The van der Waals surface area contributed by atoms with Gasteiger partial charge in [0, 0.05) is 71.9 Å². The summed E-state index contributed by atoms with van der Waals surface area (Å²) in [6.45, 7) is 7.10. The number of nitrogen functional groups attached to an aromatic ring is 1. The van der Waals surface area contributed by atoms with E-state index in [1.165, 1.54) is 6.33 Å². The monoisotopic (exact) mass is 666 g/mol. The maximum atomic E-state index is 13.9. The van der Waals surface area contributed by atoms with Crippen LogP contribution in [0.15, 0.2) is 96.3 Å². The third kappa shape index (κ3) is 6.06. The quantitative estimate of drug-likeness (QED) is 0.205. The van der Waals surface area contributed by atoms with Gasteiger partial charge in [0.1, 0.15) is 11.8 Å². The van der Waals surface area contributed by atoms with E-state index in [0.29, 0.717) is 41.7 Å². The highest BCUT2D eigenvalue weighted by Gasteiger charge is 2.29. The lowest BCUT2D eigenvalue weighted by Crippen LogP contribution is -2.40. The zero-order valence-corrected chi connectivity index (χ0v) is 28.3. The molecule has 50 heavy (non-hydrogen) atoms. The van der Waals surface area contributed by atoms with Crippen molar-refractivity contribution in [2.75, 3.05) is 18.8 Å². The molecule has 1 saturated heterocycles. The van der Waals surface area contributed by atoms with E-state index in [4.69, 9.17) is 5.73 Å². The first-order valence-electron chi connectivity index (χ1n) is 16.8. The molecule has 0 bridgehead atoms. The van der Waals surface area contributed by atoms with Gasteiger partial charge in [-0.1, -0.05) is 56.3 Å². The Kier molecular flexibility index (Phi) is 8.80. The summed E-state index contributed by atoms with van der Waals surface area (Å²) in [6, 6.07) is 22.4. The van der Waals surface area contributed by atoms with Crippen LogP contribution >= 0.6 is 0 Å². The van der Waals surface area contributed by atoms with E-state index < -0.39 is 5.56 Å². The number of Topliss-reactive ketones (excluding diaryl/α,β-unsaturated/α-hetero) is 1. The summed E-state index contributed by atoms with van der Waals surface area (Å²) < 4.78 is 3.43. The van der Waals surface area contributed by atoms with Crippen molar-refractivity contribution in [2.45, 2.75) is 46.0 Å². The molecule has 0 radical (unpaired) electrons. The minimum Gasteiger partial charge on any atom is -0.382 e. The summed E-state index contributed by atoms with van der Waals surface area (Å²) >= 11 is 0. The highest BCUT2D eigenvalue weighted by atomic mass is 16.2. The second kappa shape index (κ2) is 13.5. The number of aromatic nitrogens is 6. The van der Waals surface area contributed by atoms with E-state index in [0.717, 1.165) is 40.7 Å². The lowest BCUT2D eigenvalue weighted by atomic mass is 9.92. The molecule has 6 aromatic rings. The van der Waals surface area contributed by atoms with Gasteiger partial charge in [-0.05, 0) is 61.2 Å². The molecule has 11 heteroatoms. The van der Waals surface area contributed by atoms with Gasteiger partial charge in [0.25, 0.3) is 5.56 Å². The summed E-state index contributed by atoms with van der Waals surface area (Å²) in [7, 11) is 0. The molecule has 11 nitrogen and oxygen atoms in total. The summed E-state index contributed by atoms with van der Waals surface area (Å²) in [5.74, 6) is 0.874. The number of hydrogen-bond donors (Lipinski definition) is 1. The Bertz CT molecular complexity index is 2250. The molecule has 7 rings (SSSR count). The van der Waals surface area contributed by atoms with E-state index in [-0.39, 0.29) is 35.5 Å².